The van der Waals surface area contributed by atoms with Crippen LogP contribution < -0.4 is 4.74 Å². The normalized spacial score (nSPS) is 18.8. The summed E-state index contributed by atoms with van der Waals surface area (Å²) < 4.78 is 5.84. The lowest BCUT2D eigenvalue weighted by Gasteiger charge is -2.24. The van der Waals surface area contributed by atoms with Crippen molar-refractivity contribution in [3.8, 4) is 5.75 Å². The maximum Gasteiger partial charge on any atom is 0.119 e. The van der Waals surface area contributed by atoms with E-state index in [1.807, 2.05) is 30.3 Å². The summed E-state index contributed by atoms with van der Waals surface area (Å²) >= 11 is 0. The summed E-state index contributed by atoms with van der Waals surface area (Å²) in [6.07, 6.45) is 3.72. The van der Waals surface area contributed by atoms with Crippen molar-refractivity contribution >= 4 is 0 Å². The molecule has 1 heterocycles. The van der Waals surface area contributed by atoms with Gasteiger partial charge < -0.3 is 4.74 Å². The number of para-hydroxylation sites is 1. The molecule has 21 heavy (non-hydrogen) atoms. The van der Waals surface area contributed by atoms with Crippen LogP contribution in [0.5, 0.6) is 5.75 Å². The van der Waals surface area contributed by atoms with Crippen LogP contribution in [0, 0.1) is 0 Å². The molecule has 0 spiro atoms. The van der Waals surface area contributed by atoms with Gasteiger partial charge in [0.15, 0.2) is 0 Å². The Bertz CT molecular complexity index is 526. The Morgan fingerprint density at radius 1 is 0.952 bits per heavy atom. The van der Waals surface area contributed by atoms with E-state index < -0.39 is 0 Å². The number of rotatable bonds is 6. The third kappa shape index (κ3) is 4.08. The molecule has 2 nitrogen and oxygen atoms in total. The van der Waals surface area contributed by atoms with Crippen LogP contribution in [0.15, 0.2) is 60.7 Å². The first kappa shape index (κ1) is 14.2. The van der Waals surface area contributed by atoms with E-state index in [0.717, 1.165) is 25.3 Å². The summed E-state index contributed by atoms with van der Waals surface area (Å²) in [6, 6.07) is 21.5. The van der Waals surface area contributed by atoms with Crippen LogP contribution in [0.1, 0.15) is 24.8 Å². The van der Waals surface area contributed by atoms with Crippen molar-refractivity contribution in [1.82, 2.24) is 4.90 Å². The zero-order valence-electron chi connectivity index (χ0n) is 12.4. The van der Waals surface area contributed by atoms with Gasteiger partial charge in [-0.3, -0.25) is 4.90 Å². The first-order valence-electron chi connectivity index (χ1n) is 7.87. The smallest absolute Gasteiger partial charge is 0.119 e. The van der Waals surface area contributed by atoms with Gasteiger partial charge in [-0.1, -0.05) is 48.5 Å². The lowest BCUT2D eigenvalue weighted by Crippen LogP contribution is -2.30. The van der Waals surface area contributed by atoms with Crippen molar-refractivity contribution in [3.63, 3.8) is 0 Å². The summed E-state index contributed by atoms with van der Waals surface area (Å²) in [5.74, 6) is 0.977. The third-order valence-corrected chi connectivity index (χ3v) is 4.19. The van der Waals surface area contributed by atoms with Crippen molar-refractivity contribution in [2.75, 3.05) is 13.2 Å². The number of benzene rings is 2. The zero-order chi connectivity index (χ0) is 14.3. The van der Waals surface area contributed by atoms with Crippen molar-refractivity contribution < 1.29 is 4.74 Å². The highest BCUT2D eigenvalue weighted by molar-refractivity contribution is 5.20. The summed E-state index contributed by atoms with van der Waals surface area (Å²) in [7, 11) is 0. The number of hydrogen-bond acceptors (Lipinski definition) is 2. The standard InChI is InChI=1S/C19H23NO/c1-3-8-17(9-4-1)16-20-14-7-10-18(20)13-15-21-19-11-5-2-6-12-19/h1-6,8-9,11-12,18H,7,10,13-16H2. The molecule has 0 amide bonds. The van der Waals surface area contributed by atoms with Gasteiger partial charge in [0.25, 0.3) is 0 Å². The summed E-state index contributed by atoms with van der Waals surface area (Å²) in [5.41, 5.74) is 1.41. The average molecular weight is 281 g/mol. The molecule has 0 N–H and O–H groups in total. The topological polar surface area (TPSA) is 12.5 Å². The van der Waals surface area contributed by atoms with E-state index in [1.54, 1.807) is 0 Å². The molecule has 1 aliphatic rings. The van der Waals surface area contributed by atoms with E-state index in [9.17, 15) is 0 Å². The van der Waals surface area contributed by atoms with E-state index in [0.29, 0.717) is 6.04 Å². The molecule has 0 aromatic heterocycles. The molecule has 1 saturated heterocycles. The van der Waals surface area contributed by atoms with E-state index in [1.165, 1.54) is 24.9 Å². The van der Waals surface area contributed by atoms with Crippen LogP contribution in [-0.2, 0) is 6.54 Å². The van der Waals surface area contributed by atoms with Crippen LogP contribution >= 0.6 is 0 Å². The Balaban J connectivity index is 1.48. The van der Waals surface area contributed by atoms with Gasteiger partial charge in [0.05, 0.1) is 6.61 Å². The van der Waals surface area contributed by atoms with Gasteiger partial charge in [0, 0.05) is 12.6 Å². The minimum Gasteiger partial charge on any atom is -0.494 e. The molecule has 110 valence electrons. The number of nitrogens with zero attached hydrogens (tertiary/aromatic N) is 1. The van der Waals surface area contributed by atoms with E-state index >= 15 is 0 Å². The van der Waals surface area contributed by atoms with Gasteiger partial charge in [-0.05, 0) is 43.5 Å². The van der Waals surface area contributed by atoms with Crippen LogP contribution in [-0.4, -0.2) is 24.1 Å². The molecule has 0 saturated carbocycles. The largest absolute Gasteiger partial charge is 0.494 e. The second-order valence-corrected chi connectivity index (χ2v) is 5.70. The quantitative estimate of drug-likeness (QED) is 0.789. The first-order valence-corrected chi connectivity index (χ1v) is 7.87. The second kappa shape index (κ2) is 7.28. The molecule has 1 unspecified atom stereocenters. The van der Waals surface area contributed by atoms with Gasteiger partial charge in [-0.2, -0.15) is 0 Å². The lowest BCUT2D eigenvalue weighted by molar-refractivity contribution is 0.199. The highest BCUT2D eigenvalue weighted by Gasteiger charge is 2.24. The number of hydrogen-bond donors (Lipinski definition) is 0. The van der Waals surface area contributed by atoms with Gasteiger partial charge in [-0.25, -0.2) is 0 Å². The molecule has 1 atom stereocenters. The summed E-state index contributed by atoms with van der Waals surface area (Å²) in [5, 5.41) is 0. The van der Waals surface area contributed by atoms with E-state index in [2.05, 4.69) is 35.2 Å². The maximum atomic E-state index is 5.84. The minimum atomic E-state index is 0.661. The van der Waals surface area contributed by atoms with Crippen LogP contribution in [0.2, 0.25) is 0 Å². The molecular weight excluding hydrogens is 258 g/mol. The van der Waals surface area contributed by atoms with Crippen molar-refractivity contribution in [3.05, 3.63) is 66.2 Å². The fraction of sp³-hybridized carbons (Fsp3) is 0.368. The maximum absolute atomic E-state index is 5.84. The molecule has 1 aliphatic heterocycles. The van der Waals surface area contributed by atoms with Crippen molar-refractivity contribution in [1.29, 1.82) is 0 Å². The Hall–Kier alpha value is -1.80. The lowest BCUT2D eigenvalue weighted by atomic mass is 10.1. The van der Waals surface area contributed by atoms with Crippen LogP contribution in [0.25, 0.3) is 0 Å². The van der Waals surface area contributed by atoms with Crippen LogP contribution in [0.4, 0.5) is 0 Å². The van der Waals surface area contributed by atoms with Crippen molar-refractivity contribution in [2.24, 2.45) is 0 Å². The molecular formula is C19H23NO. The molecule has 2 aromatic carbocycles. The number of ether oxygens (including phenoxy) is 1. The zero-order valence-corrected chi connectivity index (χ0v) is 12.4. The highest BCUT2D eigenvalue weighted by atomic mass is 16.5. The Labute approximate surface area is 127 Å². The predicted octanol–water partition coefficient (Wildman–Crippen LogP) is 4.12. The fourth-order valence-electron chi connectivity index (χ4n) is 3.08. The monoisotopic (exact) mass is 281 g/mol. The van der Waals surface area contributed by atoms with E-state index in [4.69, 9.17) is 4.74 Å². The van der Waals surface area contributed by atoms with Gasteiger partial charge in [0.1, 0.15) is 5.75 Å². The van der Waals surface area contributed by atoms with Crippen molar-refractivity contribution in [2.45, 2.75) is 31.8 Å². The average Bonchev–Trinajstić information content (AvgIpc) is 2.97. The molecule has 0 radical (unpaired) electrons. The first-order chi connectivity index (χ1) is 10.4. The SMILES string of the molecule is c1ccc(CN2CCCC2CCOc2ccccc2)cc1. The highest BCUT2D eigenvalue weighted by Crippen LogP contribution is 2.22. The second-order valence-electron chi connectivity index (χ2n) is 5.70. The molecule has 3 rings (SSSR count). The molecule has 0 aliphatic carbocycles. The van der Waals surface area contributed by atoms with Gasteiger partial charge >= 0.3 is 0 Å². The molecule has 2 aromatic rings. The van der Waals surface area contributed by atoms with Crippen LogP contribution in [0.3, 0.4) is 0 Å². The summed E-state index contributed by atoms with van der Waals surface area (Å²) in [6.45, 7) is 3.09. The third-order valence-electron chi connectivity index (χ3n) is 4.19. The van der Waals surface area contributed by atoms with E-state index in [-0.39, 0.29) is 0 Å². The van der Waals surface area contributed by atoms with Gasteiger partial charge in [0.2, 0.25) is 0 Å². The molecule has 0 bridgehead atoms. The Morgan fingerprint density at radius 2 is 1.67 bits per heavy atom. The predicted molar refractivity (Wildman–Crippen MR) is 86.4 cm³/mol. The Kier molecular flexibility index (Phi) is 4.90. The molecule has 2 heteroatoms. The molecule has 1 fully saturated rings. The summed E-state index contributed by atoms with van der Waals surface area (Å²) in [4.78, 5) is 2.60. The number of likely N-dealkylation sites (tertiary alicyclic amines) is 1. The Morgan fingerprint density at radius 3 is 2.43 bits per heavy atom. The van der Waals surface area contributed by atoms with Gasteiger partial charge in [-0.15, -0.1) is 0 Å². The minimum absolute atomic E-state index is 0.661. The fourth-order valence-corrected chi connectivity index (χ4v) is 3.08.